The van der Waals surface area contributed by atoms with E-state index in [4.69, 9.17) is 4.74 Å². The zero-order valence-electron chi connectivity index (χ0n) is 12.1. The molecule has 1 aliphatic rings. The van der Waals surface area contributed by atoms with Gasteiger partial charge in [0.25, 0.3) is 5.91 Å². The average Bonchev–Trinajstić information content (AvgIpc) is 2.49. The molecular weight excluding hydrogens is 250 g/mol. The molecule has 20 heavy (non-hydrogen) atoms. The molecular formula is C17H23NO2. The summed E-state index contributed by atoms with van der Waals surface area (Å²) in [5.41, 5.74) is 1.48. The highest BCUT2D eigenvalue weighted by Gasteiger charge is 2.14. The molecule has 0 unspecified atom stereocenters. The molecule has 0 heterocycles. The third-order valence-corrected chi connectivity index (χ3v) is 3.56. The maximum atomic E-state index is 11.9. The predicted molar refractivity (Wildman–Crippen MR) is 80.7 cm³/mol. The Balaban J connectivity index is 1.70. The molecule has 0 spiro atoms. The Labute approximate surface area is 121 Å². The number of carbonyl (C=O) groups is 1. The summed E-state index contributed by atoms with van der Waals surface area (Å²) < 4.78 is 5.59. The number of nitrogens with one attached hydrogen (secondary N) is 1. The second-order valence-electron chi connectivity index (χ2n) is 5.22. The van der Waals surface area contributed by atoms with Crippen LogP contribution in [0.2, 0.25) is 0 Å². The normalized spacial score (nSPS) is 16.1. The topological polar surface area (TPSA) is 38.3 Å². The van der Waals surface area contributed by atoms with Crippen molar-refractivity contribution in [2.75, 3.05) is 6.54 Å². The number of allylic oxidation sites excluding steroid dienone is 1. The van der Waals surface area contributed by atoms with Crippen LogP contribution in [0, 0.1) is 0 Å². The predicted octanol–water partition coefficient (Wildman–Crippen LogP) is 3.46. The van der Waals surface area contributed by atoms with Crippen LogP contribution < -0.4 is 10.1 Å². The van der Waals surface area contributed by atoms with Crippen LogP contribution in [0.15, 0.2) is 42.0 Å². The van der Waals surface area contributed by atoms with Crippen LogP contribution in [-0.2, 0) is 4.79 Å². The lowest BCUT2D eigenvalue weighted by atomic mass is 9.97. The van der Waals surface area contributed by atoms with E-state index in [0.29, 0.717) is 6.54 Å². The van der Waals surface area contributed by atoms with Crippen LogP contribution in [0.4, 0.5) is 0 Å². The fourth-order valence-electron chi connectivity index (χ4n) is 2.38. The molecule has 0 saturated carbocycles. The van der Waals surface area contributed by atoms with Gasteiger partial charge in [0.2, 0.25) is 0 Å². The zero-order chi connectivity index (χ0) is 14.2. The van der Waals surface area contributed by atoms with E-state index in [-0.39, 0.29) is 5.91 Å². The first-order chi connectivity index (χ1) is 9.75. The second-order valence-corrected chi connectivity index (χ2v) is 5.22. The molecule has 0 bridgehead atoms. The molecule has 0 saturated heterocycles. The van der Waals surface area contributed by atoms with Gasteiger partial charge in [-0.2, -0.15) is 0 Å². The molecule has 3 nitrogen and oxygen atoms in total. The van der Waals surface area contributed by atoms with E-state index >= 15 is 0 Å². The molecule has 0 fully saturated rings. The monoisotopic (exact) mass is 273 g/mol. The second kappa shape index (κ2) is 7.73. The molecule has 108 valence electrons. The molecule has 1 atom stereocenters. The minimum atomic E-state index is -0.460. The Bertz CT molecular complexity index is 453. The number of hydrogen-bond acceptors (Lipinski definition) is 2. The van der Waals surface area contributed by atoms with Crippen molar-refractivity contribution in [1.29, 1.82) is 0 Å². The number of rotatable bonds is 6. The van der Waals surface area contributed by atoms with Gasteiger partial charge in [0.1, 0.15) is 5.75 Å². The summed E-state index contributed by atoms with van der Waals surface area (Å²) in [5, 5.41) is 2.95. The zero-order valence-corrected chi connectivity index (χ0v) is 12.1. The van der Waals surface area contributed by atoms with Crippen molar-refractivity contribution in [1.82, 2.24) is 5.32 Å². The van der Waals surface area contributed by atoms with Crippen LogP contribution in [0.1, 0.15) is 39.0 Å². The van der Waals surface area contributed by atoms with Crippen molar-refractivity contribution < 1.29 is 9.53 Å². The maximum absolute atomic E-state index is 11.9. The minimum Gasteiger partial charge on any atom is -0.481 e. The Hall–Kier alpha value is -1.77. The van der Waals surface area contributed by atoms with Crippen molar-refractivity contribution >= 4 is 5.91 Å². The largest absolute Gasteiger partial charge is 0.481 e. The first-order valence-electron chi connectivity index (χ1n) is 7.43. The smallest absolute Gasteiger partial charge is 0.260 e. The van der Waals surface area contributed by atoms with Crippen LogP contribution in [-0.4, -0.2) is 18.6 Å². The van der Waals surface area contributed by atoms with E-state index in [0.717, 1.165) is 12.2 Å². The van der Waals surface area contributed by atoms with Gasteiger partial charge in [-0.1, -0.05) is 29.8 Å². The van der Waals surface area contributed by atoms with Crippen molar-refractivity contribution in [2.24, 2.45) is 0 Å². The van der Waals surface area contributed by atoms with E-state index in [9.17, 15) is 4.79 Å². The van der Waals surface area contributed by atoms with Gasteiger partial charge in [-0.15, -0.1) is 0 Å². The number of amides is 1. The first kappa shape index (κ1) is 14.6. The number of para-hydroxylation sites is 1. The maximum Gasteiger partial charge on any atom is 0.260 e. The number of carbonyl (C=O) groups excluding carboxylic acids is 1. The molecule has 0 radical (unpaired) electrons. The molecule has 1 N–H and O–H groups in total. The van der Waals surface area contributed by atoms with Gasteiger partial charge < -0.3 is 10.1 Å². The summed E-state index contributed by atoms with van der Waals surface area (Å²) in [6.45, 7) is 2.48. The van der Waals surface area contributed by atoms with Gasteiger partial charge >= 0.3 is 0 Å². The van der Waals surface area contributed by atoms with E-state index in [2.05, 4.69) is 11.4 Å². The van der Waals surface area contributed by atoms with Gasteiger partial charge in [0, 0.05) is 6.54 Å². The Morgan fingerprint density at radius 1 is 1.30 bits per heavy atom. The third-order valence-electron chi connectivity index (χ3n) is 3.56. The van der Waals surface area contributed by atoms with E-state index in [1.165, 1.54) is 31.3 Å². The van der Waals surface area contributed by atoms with Crippen molar-refractivity contribution in [3.8, 4) is 5.75 Å². The van der Waals surface area contributed by atoms with Crippen LogP contribution in [0.25, 0.3) is 0 Å². The molecule has 1 aromatic rings. The molecule has 1 aliphatic carbocycles. The Morgan fingerprint density at radius 2 is 2.10 bits per heavy atom. The first-order valence-corrected chi connectivity index (χ1v) is 7.43. The standard InChI is InChI=1S/C17H23NO2/c1-14(20-16-10-6-3-7-11-16)17(19)18-13-12-15-8-4-2-5-9-15/h3,6-8,10-11,14H,2,4-5,9,12-13H2,1H3,(H,18,19)/t14-/m1/s1. The van der Waals surface area contributed by atoms with Gasteiger partial charge in [-0.25, -0.2) is 0 Å². The van der Waals surface area contributed by atoms with Crippen molar-refractivity contribution in [3.63, 3.8) is 0 Å². The number of benzene rings is 1. The SMILES string of the molecule is C[C@@H](Oc1ccccc1)C(=O)NCCC1=CCCCC1. The number of ether oxygens (including phenoxy) is 1. The van der Waals surface area contributed by atoms with E-state index in [1.54, 1.807) is 6.92 Å². The molecule has 3 heteroatoms. The fraction of sp³-hybridized carbons (Fsp3) is 0.471. The Morgan fingerprint density at radius 3 is 2.80 bits per heavy atom. The van der Waals surface area contributed by atoms with Gasteiger partial charge in [0.05, 0.1) is 0 Å². The average molecular weight is 273 g/mol. The van der Waals surface area contributed by atoms with Gasteiger partial charge in [0.15, 0.2) is 6.10 Å². The summed E-state index contributed by atoms with van der Waals surface area (Å²) >= 11 is 0. The Kier molecular flexibility index (Phi) is 5.66. The van der Waals surface area contributed by atoms with Crippen molar-refractivity contribution in [2.45, 2.75) is 45.1 Å². The molecule has 2 rings (SSSR count). The van der Waals surface area contributed by atoms with Crippen LogP contribution >= 0.6 is 0 Å². The van der Waals surface area contributed by atoms with E-state index in [1.807, 2.05) is 30.3 Å². The van der Waals surface area contributed by atoms with Crippen LogP contribution in [0.5, 0.6) is 5.75 Å². The summed E-state index contributed by atoms with van der Waals surface area (Å²) in [4.78, 5) is 11.9. The quantitative estimate of drug-likeness (QED) is 0.806. The summed E-state index contributed by atoms with van der Waals surface area (Å²) in [7, 11) is 0. The van der Waals surface area contributed by atoms with Gasteiger partial charge in [-0.3, -0.25) is 4.79 Å². The molecule has 0 aromatic heterocycles. The minimum absolute atomic E-state index is 0.0507. The van der Waals surface area contributed by atoms with Crippen LogP contribution in [0.3, 0.4) is 0 Å². The summed E-state index contributed by atoms with van der Waals surface area (Å²) in [6.07, 6.45) is 7.79. The molecule has 1 amide bonds. The summed E-state index contributed by atoms with van der Waals surface area (Å²) in [6, 6.07) is 9.44. The lowest BCUT2D eigenvalue weighted by molar-refractivity contribution is -0.127. The highest BCUT2D eigenvalue weighted by molar-refractivity contribution is 5.80. The van der Waals surface area contributed by atoms with Crippen molar-refractivity contribution in [3.05, 3.63) is 42.0 Å². The highest BCUT2D eigenvalue weighted by atomic mass is 16.5. The third kappa shape index (κ3) is 4.72. The van der Waals surface area contributed by atoms with E-state index < -0.39 is 6.10 Å². The lowest BCUT2D eigenvalue weighted by Gasteiger charge is -2.16. The summed E-state index contributed by atoms with van der Waals surface area (Å²) in [5.74, 6) is 0.676. The molecule has 1 aromatic carbocycles. The molecule has 0 aliphatic heterocycles. The van der Waals surface area contributed by atoms with Gasteiger partial charge in [-0.05, 0) is 51.2 Å². The lowest BCUT2D eigenvalue weighted by Crippen LogP contribution is -2.36. The highest BCUT2D eigenvalue weighted by Crippen LogP contribution is 2.19. The number of hydrogen-bond donors (Lipinski definition) is 1. The fourth-order valence-corrected chi connectivity index (χ4v) is 2.38.